The van der Waals surface area contributed by atoms with Gasteiger partial charge in [-0.15, -0.1) is 11.3 Å². The molecule has 0 bridgehead atoms. The number of morpholine rings is 1. The second-order valence-corrected chi connectivity index (χ2v) is 6.17. The maximum atomic E-state index is 12.3. The molecule has 110 valence electrons. The van der Waals surface area contributed by atoms with Crippen LogP contribution in [0.3, 0.4) is 0 Å². The van der Waals surface area contributed by atoms with Gasteiger partial charge in [-0.1, -0.05) is 0 Å². The van der Waals surface area contributed by atoms with Gasteiger partial charge in [-0.3, -0.25) is 9.69 Å². The molecular formula is C13H20N4O2S. The van der Waals surface area contributed by atoms with Gasteiger partial charge in [-0.05, 0) is 6.42 Å². The lowest BCUT2D eigenvalue weighted by atomic mass is 10.2. The number of nitrogens with zero attached hydrogens (tertiary/aromatic N) is 3. The summed E-state index contributed by atoms with van der Waals surface area (Å²) in [6, 6.07) is 0.489. The van der Waals surface area contributed by atoms with Crippen LogP contribution in [0.15, 0.2) is 5.38 Å². The molecule has 1 atom stereocenters. The fraction of sp³-hybridized carbons (Fsp3) is 0.692. The average Bonchev–Trinajstić information content (AvgIpc) is 3.09. The van der Waals surface area contributed by atoms with Crippen molar-refractivity contribution in [3.05, 3.63) is 11.1 Å². The van der Waals surface area contributed by atoms with E-state index in [4.69, 9.17) is 10.5 Å². The van der Waals surface area contributed by atoms with Crippen molar-refractivity contribution in [3.8, 4) is 0 Å². The lowest BCUT2D eigenvalue weighted by Gasteiger charge is -2.32. The molecule has 20 heavy (non-hydrogen) atoms. The Balaban J connectivity index is 1.52. The minimum atomic E-state index is 0.158. The van der Waals surface area contributed by atoms with Gasteiger partial charge in [0, 0.05) is 37.6 Å². The molecule has 1 amide bonds. The molecule has 7 heteroatoms. The smallest absolute Gasteiger partial charge is 0.228 e. The van der Waals surface area contributed by atoms with Gasteiger partial charge in [-0.2, -0.15) is 0 Å². The predicted octanol–water partition coefficient (Wildman–Crippen LogP) is 0.201. The average molecular weight is 296 g/mol. The lowest BCUT2D eigenvalue weighted by molar-refractivity contribution is -0.129. The van der Waals surface area contributed by atoms with E-state index in [-0.39, 0.29) is 5.91 Å². The number of nitrogen functional groups attached to an aromatic ring is 1. The number of ether oxygens (including phenoxy) is 1. The number of carbonyl (C=O) groups excluding carboxylic acids is 1. The quantitative estimate of drug-likeness (QED) is 0.863. The summed E-state index contributed by atoms with van der Waals surface area (Å²) in [4.78, 5) is 20.8. The van der Waals surface area contributed by atoms with Gasteiger partial charge >= 0.3 is 0 Å². The minimum Gasteiger partial charge on any atom is -0.379 e. The van der Waals surface area contributed by atoms with Gasteiger partial charge in [0.1, 0.15) is 0 Å². The Hall–Kier alpha value is -1.18. The standard InChI is InChI=1S/C13H20N4O2S/c14-13-15-10(9-20-13)7-12(18)17-2-1-11(8-17)16-3-5-19-6-4-16/h9,11H,1-8H2,(H2,14,15). The zero-order valence-corrected chi connectivity index (χ0v) is 12.3. The van der Waals surface area contributed by atoms with Crippen LogP contribution < -0.4 is 5.73 Å². The van der Waals surface area contributed by atoms with Crippen LogP contribution in [0, 0.1) is 0 Å². The third-order valence-corrected chi connectivity index (χ3v) is 4.70. The number of hydrogen-bond donors (Lipinski definition) is 1. The van der Waals surface area contributed by atoms with Crippen molar-refractivity contribution >= 4 is 22.4 Å². The molecule has 2 fully saturated rings. The highest BCUT2D eigenvalue weighted by Crippen LogP contribution is 2.19. The Bertz CT molecular complexity index is 473. The van der Waals surface area contributed by atoms with Gasteiger partial charge in [0.05, 0.1) is 25.3 Å². The van der Waals surface area contributed by atoms with Gasteiger partial charge in [0.25, 0.3) is 0 Å². The van der Waals surface area contributed by atoms with E-state index >= 15 is 0 Å². The van der Waals surface area contributed by atoms with Crippen LogP contribution >= 0.6 is 11.3 Å². The van der Waals surface area contributed by atoms with Crippen LogP contribution in [0.1, 0.15) is 12.1 Å². The van der Waals surface area contributed by atoms with E-state index in [1.54, 1.807) is 0 Å². The first-order chi connectivity index (χ1) is 9.72. The number of likely N-dealkylation sites (tertiary alicyclic amines) is 1. The normalized spacial score (nSPS) is 24.2. The van der Waals surface area contributed by atoms with Gasteiger partial charge < -0.3 is 15.4 Å². The summed E-state index contributed by atoms with van der Waals surface area (Å²) < 4.78 is 5.37. The molecule has 3 rings (SSSR count). The van der Waals surface area contributed by atoms with Gasteiger partial charge in [-0.25, -0.2) is 4.98 Å². The van der Waals surface area contributed by atoms with Crippen molar-refractivity contribution < 1.29 is 9.53 Å². The number of nitrogens with two attached hydrogens (primary N) is 1. The molecule has 0 spiro atoms. The summed E-state index contributed by atoms with van der Waals surface area (Å²) in [5, 5.41) is 2.39. The van der Waals surface area contributed by atoms with E-state index in [0.29, 0.717) is 17.6 Å². The Morgan fingerprint density at radius 3 is 2.95 bits per heavy atom. The van der Waals surface area contributed by atoms with E-state index in [9.17, 15) is 4.79 Å². The molecule has 2 aliphatic heterocycles. The fourth-order valence-electron chi connectivity index (χ4n) is 2.88. The SMILES string of the molecule is Nc1nc(CC(=O)N2CCC(N3CCOCC3)C2)cs1. The van der Waals surface area contributed by atoms with Crippen LogP contribution in [0.5, 0.6) is 0 Å². The zero-order chi connectivity index (χ0) is 13.9. The fourth-order valence-corrected chi connectivity index (χ4v) is 3.44. The van der Waals surface area contributed by atoms with Crippen LogP contribution in [-0.2, 0) is 16.0 Å². The number of amides is 1. The summed E-state index contributed by atoms with van der Waals surface area (Å²) >= 11 is 1.39. The van der Waals surface area contributed by atoms with Gasteiger partial charge in [0.2, 0.25) is 5.91 Å². The molecule has 2 N–H and O–H groups in total. The van der Waals surface area contributed by atoms with E-state index in [1.807, 2.05) is 10.3 Å². The molecule has 1 unspecified atom stereocenters. The first kappa shape index (κ1) is 13.8. The molecular weight excluding hydrogens is 276 g/mol. The second-order valence-electron chi connectivity index (χ2n) is 5.28. The third-order valence-electron chi connectivity index (χ3n) is 3.98. The first-order valence-corrected chi connectivity index (χ1v) is 7.90. The number of anilines is 1. The van der Waals surface area contributed by atoms with E-state index < -0.39 is 0 Å². The van der Waals surface area contributed by atoms with Crippen LogP contribution in [0.2, 0.25) is 0 Å². The number of carbonyl (C=O) groups is 1. The lowest BCUT2D eigenvalue weighted by Crippen LogP contribution is -2.45. The second kappa shape index (κ2) is 6.07. The number of aromatic nitrogens is 1. The predicted molar refractivity (Wildman–Crippen MR) is 77.6 cm³/mol. The van der Waals surface area contributed by atoms with Crippen molar-refractivity contribution in [1.82, 2.24) is 14.8 Å². The van der Waals surface area contributed by atoms with Gasteiger partial charge in [0.15, 0.2) is 5.13 Å². The molecule has 1 aromatic heterocycles. The maximum absolute atomic E-state index is 12.3. The number of hydrogen-bond acceptors (Lipinski definition) is 6. The summed E-state index contributed by atoms with van der Waals surface area (Å²) in [5.74, 6) is 0.158. The molecule has 0 aliphatic carbocycles. The third kappa shape index (κ3) is 3.11. The summed E-state index contributed by atoms with van der Waals surface area (Å²) in [6.45, 7) is 5.26. The van der Waals surface area contributed by atoms with Crippen LogP contribution in [-0.4, -0.2) is 66.1 Å². The molecule has 2 saturated heterocycles. The van der Waals surface area contributed by atoms with Crippen molar-refractivity contribution in [2.75, 3.05) is 45.1 Å². The van der Waals surface area contributed by atoms with Crippen LogP contribution in [0.25, 0.3) is 0 Å². The molecule has 6 nitrogen and oxygen atoms in total. The molecule has 0 saturated carbocycles. The molecule has 2 aliphatic rings. The van der Waals surface area contributed by atoms with Crippen molar-refractivity contribution in [2.45, 2.75) is 18.9 Å². The molecule has 0 radical (unpaired) electrons. The van der Waals surface area contributed by atoms with E-state index in [1.165, 1.54) is 11.3 Å². The summed E-state index contributed by atoms with van der Waals surface area (Å²) in [5.41, 5.74) is 6.38. The highest BCUT2D eigenvalue weighted by Gasteiger charge is 2.31. The number of rotatable bonds is 3. The van der Waals surface area contributed by atoms with E-state index in [0.717, 1.165) is 51.5 Å². The minimum absolute atomic E-state index is 0.158. The van der Waals surface area contributed by atoms with Crippen molar-refractivity contribution in [3.63, 3.8) is 0 Å². The highest BCUT2D eigenvalue weighted by molar-refractivity contribution is 7.13. The Morgan fingerprint density at radius 1 is 1.45 bits per heavy atom. The highest BCUT2D eigenvalue weighted by atomic mass is 32.1. The summed E-state index contributed by atoms with van der Waals surface area (Å²) in [7, 11) is 0. The van der Waals surface area contributed by atoms with Crippen molar-refractivity contribution in [1.29, 1.82) is 0 Å². The largest absolute Gasteiger partial charge is 0.379 e. The van der Waals surface area contributed by atoms with E-state index in [2.05, 4.69) is 9.88 Å². The maximum Gasteiger partial charge on any atom is 0.228 e. The zero-order valence-electron chi connectivity index (χ0n) is 11.5. The Labute approximate surface area is 122 Å². The Morgan fingerprint density at radius 2 is 2.25 bits per heavy atom. The van der Waals surface area contributed by atoms with Crippen molar-refractivity contribution in [2.24, 2.45) is 0 Å². The molecule has 0 aromatic carbocycles. The topological polar surface area (TPSA) is 71.7 Å². The summed E-state index contributed by atoms with van der Waals surface area (Å²) in [6.07, 6.45) is 1.43. The molecule has 1 aromatic rings. The monoisotopic (exact) mass is 296 g/mol. The first-order valence-electron chi connectivity index (χ1n) is 7.02. The number of thiazole rings is 1. The molecule has 3 heterocycles. The Kier molecular flexibility index (Phi) is 4.18. The van der Waals surface area contributed by atoms with Crippen LogP contribution in [0.4, 0.5) is 5.13 Å².